The van der Waals surface area contributed by atoms with Crippen molar-refractivity contribution in [3.63, 3.8) is 0 Å². The van der Waals surface area contributed by atoms with E-state index in [1.807, 2.05) is 12.1 Å². The summed E-state index contributed by atoms with van der Waals surface area (Å²) in [5.74, 6) is 0. The van der Waals surface area contributed by atoms with Gasteiger partial charge in [-0.1, -0.05) is 48.5 Å². The lowest BCUT2D eigenvalue weighted by Crippen LogP contribution is -1.91. The molecule has 0 radical (unpaired) electrons. The van der Waals surface area contributed by atoms with Gasteiger partial charge in [-0.15, -0.1) is 0 Å². The number of para-hydroxylation sites is 1. The molecule has 2 nitrogen and oxygen atoms in total. The van der Waals surface area contributed by atoms with Crippen LogP contribution in [0, 0.1) is 0 Å². The first-order valence-corrected chi connectivity index (χ1v) is 5.89. The molecule has 0 aliphatic rings. The standard InChI is InChI=1S/C15H14N2/c1-2-6-12(7-3-1)10-11-15-13-8-4-5-9-14(13)16-17-15/h1-9H,10-11H2,(H,16,17). The van der Waals surface area contributed by atoms with Gasteiger partial charge in [0.2, 0.25) is 0 Å². The Hall–Kier alpha value is -2.09. The number of nitrogens with one attached hydrogen (secondary N) is 1. The first-order chi connectivity index (χ1) is 8.43. The highest BCUT2D eigenvalue weighted by Crippen LogP contribution is 2.16. The summed E-state index contributed by atoms with van der Waals surface area (Å²) in [6, 6.07) is 18.8. The fourth-order valence-corrected chi connectivity index (χ4v) is 2.12. The molecule has 0 saturated heterocycles. The lowest BCUT2D eigenvalue weighted by molar-refractivity contribution is 0.901. The van der Waals surface area contributed by atoms with Crippen LogP contribution in [0.15, 0.2) is 54.6 Å². The molecule has 2 aromatic carbocycles. The van der Waals surface area contributed by atoms with Gasteiger partial charge in [0.15, 0.2) is 0 Å². The SMILES string of the molecule is c1ccc(CCc2[nH]nc3ccccc23)cc1. The second-order valence-electron chi connectivity index (χ2n) is 4.20. The minimum absolute atomic E-state index is 1.00. The lowest BCUT2D eigenvalue weighted by Gasteiger charge is -1.99. The molecule has 3 aromatic rings. The predicted octanol–water partition coefficient (Wildman–Crippen LogP) is 3.35. The average molecular weight is 222 g/mol. The number of aromatic nitrogens is 2. The summed E-state index contributed by atoms with van der Waals surface area (Å²) >= 11 is 0. The van der Waals surface area contributed by atoms with Gasteiger partial charge in [0.25, 0.3) is 0 Å². The van der Waals surface area contributed by atoms with E-state index < -0.39 is 0 Å². The molecule has 3 rings (SSSR count). The van der Waals surface area contributed by atoms with Crippen molar-refractivity contribution in [1.29, 1.82) is 0 Å². The Labute approximate surface area is 100 Å². The number of hydrogen-bond acceptors (Lipinski definition) is 1. The number of nitrogens with zero attached hydrogens (tertiary/aromatic N) is 1. The molecular weight excluding hydrogens is 208 g/mol. The first-order valence-electron chi connectivity index (χ1n) is 5.89. The molecule has 84 valence electrons. The van der Waals surface area contributed by atoms with E-state index in [0.717, 1.165) is 18.4 Å². The van der Waals surface area contributed by atoms with Gasteiger partial charge in [0, 0.05) is 11.1 Å². The number of H-pyrrole nitrogens is 1. The van der Waals surface area contributed by atoms with Crippen molar-refractivity contribution in [3.05, 3.63) is 65.9 Å². The summed E-state index contributed by atoms with van der Waals surface area (Å²) in [5, 5.41) is 8.68. The molecule has 0 aliphatic carbocycles. The van der Waals surface area contributed by atoms with E-state index in [9.17, 15) is 0 Å². The van der Waals surface area contributed by atoms with Crippen molar-refractivity contribution in [2.45, 2.75) is 12.8 Å². The number of aromatic amines is 1. The fraction of sp³-hybridized carbons (Fsp3) is 0.133. The summed E-state index contributed by atoms with van der Waals surface area (Å²) in [6.07, 6.45) is 2.05. The first kappa shape index (κ1) is 10.1. The van der Waals surface area contributed by atoms with Gasteiger partial charge in [-0.25, -0.2) is 0 Å². The zero-order valence-corrected chi connectivity index (χ0v) is 9.56. The Balaban J connectivity index is 1.82. The van der Waals surface area contributed by atoms with Gasteiger partial charge < -0.3 is 0 Å². The third kappa shape index (κ3) is 2.07. The van der Waals surface area contributed by atoms with Crippen LogP contribution in [-0.4, -0.2) is 10.2 Å². The highest BCUT2D eigenvalue weighted by atomic mass is 15.1. The third-order valence-electron chi connectivity index (χ3n) is 3.05. The largest absolute Gasteiger partial charge is 0.281 e. The molecule has 0 fully saturated rings. The highest BCUT2D eigenvalue weighted by Gasteiger charge is 2.03. The molecule has 0 unspecified atom stereocenters. The van der Waals surface area contributed by atoms with E-state index in [1.54, 1.807) is 0 Å². The van der Waals surface area contributed by atoms with Crippen molar-refractivity contribution < 1.29 is 0 Å². The second kappa shape index (κ2) is 4.42. The molecule has 0 bridgehead atoms. The number of rotatable bonds is 3. The van der Waals surface area contributed by atoms with E-state index in [1.165, 1.54) is 16.6 Å². The van der Waals surface area contributed by atoms with Gasteiger partial charge in [0.1, 0.15) is 0 Å². The number of benzene rings is 2. The summed E-state index contributed by atoms with van der Waals surface area (Å²) in [4.78, 5) is 0. The monoisotopic (exact) mass is 222 g/mol. The van der Waals surface area contributed by atoms with Crippen molar-refractivity contribution >= 4 is 10.9 Å². The van der Waals surface area contributed by atoms with E-state index in [4.69, 9.17) is 0 Å². The van der Waals surface area contributed by atoms with Crippen LogP contribution in [0.25, 0.3) is 10.9 Å². The van der Waals surface area contributed by atoms with Crippen molar-refractivity contribution in [3.8, 4) is 0 Å². The topological polar surface area (TPSA) is 28.7 Å². The molecule has 0 saturated carbocycles. The summed E-state index contributed by atoms with van der Waals surface area (Å²) in [6.45, 7) is 0. The van der Waals surface area contributed by atoms with Crippen LogP contribution in [-0.2, 0) is 12.8 Å². The van der Waals surface area contributed by atoms with E-state index in [-0.39, 0.29) is 0 Å². The van der Waals surface area contributed by atoms with Crippen LogP contribution in [0.1, 0.15) is 11.3 Å². The molecular formula is C15H14N2. The van der Waals surface area contributed by atoms with Crippen LogP contribution in [0.3, 0.4) is 0 Å². The quantitative estimate of drug-likeness (QED) is 0.723. The Morgan fingerprint density at radius 1 is 0.824 bits per heavy atom. The Bertz CT molecular complexity index is 611. The molecule has 1 N–H and O–H groups in total. The maximum Gasteiger partial charge on any atom is 0.0923 e. The predicted molar refractivity (Wildman–Crippen MR) is 69.9 cm³/mol. The van der Waals surface area contributed by atoms with Crippen LogP contribution in [0.4, 0.5) is 0 Å². The maximum absolute atomic E-state index is 4.31. The minimum Gasteiger partial charge on any atom is -0.281 e. The van der Waals surface area contributed by atoms with Gasteiger partial charge in [-0.3, -0.25) is 5.10 Å². The van der Waals surface area contributed by atoms with Gasteiger partial charge in [-0.05, 0) is 24.5 Å². The van der Waals surface area contributed by atoms with Crippen molar-refractivity contribution in [2.75, 3.05) is 0 Å². The van der Waals surface area contributed by atoms with Crippen LogP contribution in [0.2, 0.25) is 0 Å². The third-order valence-corrected chi connectivity index (χ3v) is 3.05. The van der Waals surface area contributed by atoms with Crippen LogP contribution < -0.4 is 0 Å². The highest BCUT2D eigenvalue weighted by molar-refractivity contribution is 5.81. The zero-order valence-electron chi connectivity index (χ0n) is 9.56. The normalized spacial score (nSPS) is 10.8. The zero-order chi connectivity index (χ0) is 11.5. The lowest BCUT2D eigenvalue weighted by atomic mass is 10.1. The number of hydrogen-bond donors (Lipinski definition) is 1. The van der Waals surface area contributed by atoms with Gasteiger partial charge >= 0.3 is 0 Å². The van der Waals surface area contributed by atoms with E-state index in [0.29, 0.717) is 0 Å². The van der Waals surface area contributed by atoms with Gasteiger partial charge in [0.05, 0.1) is 5.52 Å². The van der Waals surface area contributed by atoms with E-state index >= 15 is 0 Å². The fourth-order valence-electron chi connectivity index (χ4n) is 2.12. The molecule has 17 heavy (non-hydrogen) atoms. The number of aryl methyl sites for hydroxylation is 2. The van der Waals surface area contributed by atoms with Gasteiger partial charge in [-0.2, -0.15) is 5.10 Å². The average Bonchev–Trinajstić information content (AvgIpc) is 2.81. The van der Waals surface area contributed by atoms with E-state index in [2.05, 4.69) is 52.7 Å². The Morgan fingerprint density at radius 3 is 2.47 bits per heavy atom. The Kier molecular flexibility index (Phi) is 2.62. The number of fused-ring (bicyclic) bond motifs is 1. The second-order valence-corrected chi connectivity index (χ2v) is 4.20. The molecule has 2 heteroatoms. The maximum atomic E-state index is 4.31. The molecule has 0 atom stereocenters. The van der Waals surface area contributed by atoms with Crippen molar-refractivity contribution in [1.82, 2.24) is 10.2 Å². The molecule has 0 spiro atoms. The molecule has 0 amide bonds. The molecule has 0 aliphatic heterocycles. The summed E-state index contributed by atoms with van der Waals surface area (Å²) < 4.78 is 0. The Morgan fingerprint density at radius 2 is 1.59 bits per heavy atom. The molecule has 1 aromatic heterocycles. The van der Waals surface area contributed by atoms with Crippen LogP contribution in [0.5, 0.6) is 0 Å². The van der Waals surface area contributed by atoms with Crippen molar-refractivity contribution in [2.24, 2.45) is 0 Å². The smallest absolute Gasteiger partial charge is 0.0923 e. The summed E-state index contributed by atoms with van der Waals surface area (Å²) in [5.41, 5.74) is 3.64. The minimum atomic E-state index is 1.00. The summed E-state index contributed by atoms with van der Waals surface area (Å²) in [7, 11) is 0. The van der Waals surface area contributed by atoms with Crippen LogP contribution >= 0.6 is 0 Å². The molecule has 1 heterocycles.